The Hall–Kier alpha value is -1.51. The first-order valence-electron chi connectivity index (χ1n) is 7.86. The van der Waals surface area contributed by atoms with Crippen molar-refractivity contribution in [2.45, 2.75) is 51.9 Å². The van der Waals surface area contributed by atoms with Crippen molar-refractivity contribution in [3.63, 3.8) is 0 Å². The van der Waals surface area contributed by atoms with E-state index in [4.69, 9.17) is 5.73 Å². The van der Waals surface area contributed by atoms with Gasteiger partial charge < -0.3 is 10.6 Å². The molecular formula is C17H26N2O. The fourth-order valence-corrected chi connectivity index (χ4v) is 3.02. The molecule has 1 aromatic rings. The van der Waals surface area contributed by atoms with Gasteiger partial charge in [-0.3, -0.25) is 4.79 Å². The van der Waals surface area contributed by atoms with Gasteiger partial charge in [0.05, 0.1) is 0 Å². The van der Waals surface area contributed by atoms with E-state index in [1.54, 1.807) is 0 Å². The molecule has 110 valence electrons. The van der Waals surface area contributed by atoms with Crippen LogP contribution in [0.15, 0.2) is 24.3 Å². The van der Waals surface area contributed by atoms with Crippen molar-refractivity contribution in [2.75, 3.05) is 17.2 Å². The minimum atomic E-state index is 0.267. The molecule has 1 aliphatic rings. The Labute approximate surface area is 122 Å². The van der Waals surface area contributed by atoms with Gasteiger partial charge in [0.2, 0.25) is 5.91 Å². The zero-order valence-electron chi connectivity index (χ0n) is 12.5. The maximum absolute atomic E-state index is 12.6. The summed E-state index contributed by atoms with van der Waals surface area (Å²) < 4.78 is 0. The highest BCUT2D eigenvalue weighted by atomic mass is 16.2. The molecule has 20 heavy (non-hydrogen) atoms. The Morgan fingerprint density at radius 1 is 1.20 bits per heavy atom. The number of carbonyl (C=O) groups excluding carboxylic acids is 1. The standard InChI is InChI=1S/C17H26N2O/c1-2-12-19(16-10-8-15(18)9-11-16)17(20)13-14-6-4-3-5-7-14/h8-11,14H,2-7,12-13,18H2,1H3. The zero-order valence-corrected chi connectivity index (χ0v) is 12.5. The van der Waals surface area contributed by atoms with Crippen molar-refractivity contribution < 1.29 is 4.79 Å². The van der Waals surface area contributed by atoms with Crippen LogP contribution in [0, 0.1) is 5.92 Å². The van der Waals surface area contributed by atoms with E-state index in [1.807, 2.05) is 29.2 Å². The van der Waals surface area contributed by atoms with Gasteiger partial charge >= 0.3 is 0 Å². The molecule has 2 rings (SSSR count). The molecule has 0 spiro atoms. The average Bonchev–Trinajstić information content (AvgIpc) is 2.47. The monoisotopic (exact) mass is 274 g/mol. The first-order valence-corrected chi connectivity index (χ1v) is 7.86. The number of nitrogen functional groups attached to an aromatic ring is 1. The van der Waals surface area contributed by atoms with Gasteiger partial charge in [-0.15, -0.1) is 0 Å². The summed E-state index contributed by atoms with van der Waals surface area (Å²) in [6.45, 7) is 2.90. The van der Waals surface area contributed by atoms with Crippen LogP contribution in [0.4, 0.5) is 11.4 Å². The van der Waals surface area contributed by atoms with Crippen LogP contribution in [0.2, 0.25) is 0 Å². The lowest BCUT2D eigenvalue weighted by Gasteiger charge is -2.27. The zero-order chi connectivity index (χ0) is 14.4. The lowest BCUT2D eigenvalue weighted by Crippen LogP contribution is -2.33. The summed E-state index contributed by atoms with van der Waals surface area (Å²) in [6.07, 6.45) is 8.01. The number of benzene rings is 1. The number of anilines is 2. The van der Waals surface area contributed by atoms with Crippen molar-refractivity contribution in [2.24, 2.45) is 5.92 Å². The lowest BCUT2D eigenvalue weighted by molar-refractivity contribution is -0.119. The van der Waals surface area contributed by atoms with E-state index < -0.39 is 0 Å². The van der Waals surface area contributed by atoms with E-state index in [1.165, 1.54) is 32.1 Å². The molecule has 0 atom stereocenters. The number of nitrogens with zero attached hydrogens (tertiary/aromatic N) is 1. The van der Waals surface area contributed by atoms with Crippen LogP contribution < -0.4 is 10.6 Å². The first kappa shape index (κ1) is 14.9. The van der Waals surface area contributed by atoms with Crippen LogP contribution in [0.1, 0.15) is 51.9 Å². The third-order valence-corrected chi connectivity index (χ3v) is 4.14. The quantitative estimate of drug-likeness (QED) is 0.825. The van der Waals surface area contributed by atoms with Gasteiger partial charge in [-0.05, 0) is 49.4 Å². The number of carbonyl (C=O) groups is 1. The number of hydrogen-bond donors (Lipinski definition) is 1. The van der Waals surface area contributed by atoms with Crippen LogP contribution in [0.5, 0.6) is 0 Å². The third kappa shape index (κ3) is 3.99. The molecule has 1 fully saturated rings. The van der Waals surface area contributed by atoms with E-state index in [9.17, 15) is 4.79 Å². The highest BCUT2D eigenvalue weighted by molar-refractivity contribution is 5.93. The van der Waals surface area contributed by atoms with Crippen molar-refractivity contribution in [1.82, 2.24) is 0 Å². The van der Waals surface area contributed by atoms with Gasteiger partial charge in [0.15, 0.2) is 0 Å². The summed E-state index contributed by atoms with van der Waals surface area (Å²) in [5, 5.41) is 0. The summed E-state index contributed by atoms with van der Waals surface area (Å²) in [5.74, 6) is 0.855. The Morgan fingerprint density at radius 3 is 2.45 bits per heavy atom. The molecule has 0 saturated heterocycles. The van der Waals surface area contributed by atoms with Gasteiger partial charge in [-0.2, -0.15) is 0 Å². The van der Waals surface area contributed by atoms with E-state index in [0.29, 0.717) is 12.3 Å². The van der Waals surface area contributed by atoms with Crippen LogP contribution >= 0.6 is 0 Å². The molecule has 0 unspecified atom stereocenters. The summed E-state index contributed by atoms with van der Waals surface area (Å²) in [7, 11) is 0. The van der Waals surface area contributed by atoms with Gasteiger partial charge in [-0.25, -0.2) is 0 Å². The smallest absolute Gasteiger partial charge is 0.227 e. The number of amides is 1. The van der Waals surface area contributed by atoms with Crippen LogP contribution in [0.25, 0.3) is 0 Å². The van der Waals surface area contributed by atoms with Crippen LogP contribution in [-0.2, 0) is 4.79 Å². The highest BCUT2D eigenvalue weighted by Crippen LogP contribution is 2.28. The molecule has 0 bridgehead atoms. The van der Waals surface area contributed by atoms with Gasteiger partial charge in [0.25, 0.3) is 0 Å². The normalized spacial score (nSPS) is 16.1. The predicted octanol–water partition coefficient (Wildman–Crippen LogP) is 3.98. The topological polar surface area (TPSA) is 46.3 Å². The summed E-state index contributed by atoms with van der Waals surface area (Å²) in [4.78, 5) is 14.5. The molecule has 3 nitrogen and oxygen atoms in total. The molecule has 1 amide bonds. The van der Waals surface area contributed by atoms with Gasteiger partial charge in [0, 0.05) is 24.3 Å². The maximum Gasteiger partial charge on any atom is 0.227 e. The second kappa shape index (κ2) is 7.32. The largest absolute Gasteiger partial charge is 0.399 e. The molecule has 2 N–H and O–H groups in total. The predicted molar refractivity (Wildman–Crippen MR) is 84.7 cm³/mol. The van der Waals surface area contributed by atoms with E-state index in [0.717, 1.165) is 24.3 Å². The Balaban J connectivity index is 2.02. The maximum atomic E-state index is 12.6. The Morgan fingerprint density at radius 2 is 1.85 bits per heavy atom. The fourth-order valence-electron chi connectivity index (χ4n) is 3.02. The van der Waals surface area contributed by atoms with E-state index in [-0.39, 0.29) is 5.91 Å². The summed E-state index contributed by atoms with van der Waals surface area (Å²) >= 11 is 0. The molecular weight excluding hydrogens is 248 g/mol. The number of hydrogen-bond acceptors (Lipinski definition) is 2. The van der Waals surface area contributed by atoms with Gasteiger partial charge in [0.1, 0.15) is 0 Å². The van der Waals surface area contributed by atoms with E-state index in [2.05, 4.69) is 6.92 Å². The van der Waals surface area contributed by atoms with Crippen LogP contribution in [0.3, 0.4) is 0 Å². The molecule has 0 heterocycles. The minimum absolute atomic E-state index is 0.267. The third-order valence-electron chi connectivity index (χ3n) is 4.14. The highest BCUT2D eigenvalue weighted by Gasteiger charge is 2.21. The van der Waals surface area contributed by atoms with Gasteiger partial charge in [-0.1, -0.05) is 26.2 Å². The molecule has 1 saturated carbocycles. The second-order valence-corrected chi connectivity index (χ2v) is 5.85. The summed E-state index contributed by atoms with van der Waals surface area (Å²) in [5.41, 5.74) is 7.44. The lowest BCUT2D eigenvalue weighted by atomic mass is 9.86. The fraction of sp³-hybridized carbons (Fsp3) is 0.588. The molecule has 1 aromatic carbocycles. The molecule has 1 aliphatic carbocycles. The van der Waals surface area contributed by atoms with E-state index >= 15 is 0 Å². The Kier molecular flexibility index (Phi) is 5.45. The first-order chi connectivity index (χ1) is 9.70. The molecule has 3 heteroatoms. The minimum Gasteiger partial charge on any atom is -0.399 e. The second-order valence-electron chi connectivity index (χ2n) is 5.85. The Bertz CT molecular complexity index is 421. The van der Waals surface area contributed by atoms with Crippen molar-refractivity contribution in [3.05, 3.63) is 24.3 Å². The summed E-state index contributed by atoms with van der Waals surface area (Å²) in [6, 6.07) is 7.63. The average molecular weight is 274 g/mol. The molecule has 0 aromatic heterocycles. The SMILES string of the molecule is CCCN(C(=O)CC1CCCCC1)c1ccc(N)cc1. The number of rotatable bonds is 5. The van der Waals surface area contributed by atoms with Crippen molar-refractivity contribution in [1.29, 1.82) is 0 Å². The molecule has 0 radical (unpaired) electrons. The van der Waals surface area contributed by atoms with Crippen molar-refractivity contribution >= 4 is 17.3 Å². The number of nitrogens with two attached hydrogens (primary N) is 1. The van der Waals surface area contributed by atoms with Crippen molar-refractivity contribution in [3.8, 4) is 0 Å². The van der Waals surface area contributed by atoms with Crippen LogP contribution in [-0.4, -0.2) is 12.5 Å². The molecule has 0 aliphatic heterocycles.